The molecule has 1 heterocycles. The van der Waals surface area contributed by atoms with Crippen molar-refractivity contribution in [1.82, 2.24) is 5.32 Å². The summed E-state index contributed by atoms with van der Waals surface area (Å²) in [6.07, 6.45) is 6.97. The molecule has 20 heavy (non-hydrogen) atoms. The highest BCUT2D eigenvalue weighted by Gasteiger charge is 2.31. The second-order valence-electron chi connectivity index (χ2n) is 6.39. The van der Waals surface area contributed by atoms with Gasteiger partial charge in [0.2, 0.25) is 0 Å². The SMILES string of the molecule is CCNCC1CCCCC1CC1COc2ccccc21. The summed E-state index contributed by atoms with van der Waals surface area (Å²) in [6, 6.07) is 8.61. The molecule has 2 nitrogen and oxygen atoms in total. The van der Waals surface area contributed by atoms with Crippen molar-refractivity contribution in [1.29, 1.82) is 0 Å². The highest BCUT2D eigenvalue weighted by atomic mass is 16.5. The number of ether oxygens (including phenoxy) is 1. The van der Waals surface area contributed by atoms with Gasteiger partial charge in [-0.25, -0.2) is 0 Å². The zero-order valence-electron chi connectivity index (χ0n) is 12.6. The predicted molar refractivity (Wildman–Crippen MR) is 83.3 cm³/mol. The standard InChI is InChI=1S/C18H27NO/c1-2-19-12-15-8-4-3-7-14(15)11-16-13-20-18-10-6-5-9-17(16)18/h5-6,9-10,14-16,19H,2-4,7-8,11-13H2,1H3. The highest BCUT2D eigenvalue weighted by Crippen LogP contribution is 2.42. The molecule has 0 spiro atoms. The second kappa shape index (κ2) is 6.62. The van der Waals surface area contributed by atoms with Crippen molar-refractivity contribution in [3.63, 3.8) is 0 Å². The monoisotopic (exact) mass is 273 g/mol. The van der Waals surface area contributed by atoms with E-state index in [0.717, 1.165) is 30.7 Å². The van der Waals surface area contributed by atoms with Crippen molar-refractivity contribution in [2.45, 2.75) is 44.9 Å². The van der Waals surface area contributed by atoms with Crippen molar-refractivity contribution >= 4 is 0 Å². The molecular weight excluding hydrogens is 246 g/mol. The summed E-state index contributed by atoms with van der Waals surface area (Å²) in [5.41, 5.74) is 1.44. The number of fused-ring (bicyclic) bond motifs is 1. The largest absolute Gasteiger partial charge is 0.493 e. The van der Waals surface area contributed by atoms with Gasteiger partial charge in [0.25, 0.3) is 0 Å². The van der Waals surface area contributed by atoms with Crippen LogP contribution in [0.5, 0.6) is 5.75 Å². The average molecular weight is 273 g/mol. The Hall–Kier alpha value is -1.02. The molecule has 1 N–H and O–H groups in total. The van der Waals surface area contributed by atoms with Gasteiger partial charge in [0.15, 0.2) is 0 Å². The minimum atomic E-state index is 0.624. The van der Waals surface area contributed by atoms with Crippen LogP contribution in [0.4, 0.5) is 0 Å². The Kier molecular flexibility index (Phi) is 4.62. The average Bonchev–Trinajstić information content (AvgIpc) is 2.90. The number of hydrogen-bond donors (Lipinski definition) is 1. The quantitative estimate of drug-likeness (QED) is 0.876. The van der Waals surface area contributed by atoms with Crippen LogP contribution in [-0.2, 0) is 0 Å². The third-order valence-corrected chi connectivity index (χ3v) is 5.11. The fourth-order valence-electron chi connectivity index (χ4n) is 3.98. The van der Waals surface area contributed by atoms with Gasteiger partial charge in [-0.3, -0.25) is 0 Å². The highest BCUT2D eigenvalue weighted by molar-refractivity contribution is 5.39. The van der Waals surface area contributed by atoms with E-state index in [1.165, 1.54) is 44.2 Å². The molecule has 1 aromatic rings. The first-order chi connectivity index (χ1) is 9.88. The van der Waals surface area contributed by atoms with Crippen molar-refractivity contribution < 1.29 is 4.74 Å². The van der Waals surface area contributed by atoms with Gasteiger partial charge in [0.05, 0.1) is 6.61 Å². The van der Waals surface area contributed by atoms with Crippen LogP contribution in [-0.4, -0.2) is 19.7 Å². The minimum absolute atomic E-state index is 0.624. The van der Waals surface area contributed by atoms with Gasteiger partial charge in [-0.1, -0.05) is 44.4 Å². The van der Waals surface area contributed by atoms with E-state index in [1.54, 1.807) is 0 Å². The first kappa shape index (κ1) is 13.9. The predicted octanol–water partition coefficient (Wildman–Crippen LogP) is 3.97. The van der Waals surface area contributed by atoms with Gasteiger partial charge in [-0.15, -0.1) is 0 Å². The van der Waals surface area contributed by atoms with Crippen LogP contribution >= 0.6 is 0 Å². The molecule has 0 radical (unpaired) electrons. The van der Waals surface area contributed by atoms with Crippen LogP contribution in [0.25, 0.3) is 0 Å². The summed E-state index contributed by atoms with van der Waals surface area (Å²) in [5, 5.41) is 3.56. The van der Waals surface area contributed by atoms with E-state index in [1.807, 2.05) is 0 Å². The summed E-state index contributed by atoms with van der Waals surface area (Å²) in [4.78, 5) is 0. The molecular formula is C18H27NO. The Morgan fingerprint density at radius 1 is 1.15 bits per heavy atom. The molecule has 1 fully saturated rings. The summed E-state index contributed by atoms with van der Waals surface area (Å²) >= 11 is 0. The maximum atomic E-state index is 5.85. The van der Waals surface area contributed by atoms with E-state index >= 15 is 0 Å². The number of benzene rings is 1. The Labute approximate surface area is 122 Å². The molecule has 1 aliphatic carbocycles. The zero-order valence-corrected chi connectivity index (χ0v) is 12.6. The summed E-state index contributed by atoms with van der Waals surface area (Å²) < 4.78 is 5.85. The van der Waals surface area contributed by atoms with E-state index in [-0.39, 0.29) is 0 Å². The molecule has 1 aromatic carbocycles. The lowest BCUT2D eigenvalue weighted by atomic mass is 9.74. The van der Waals surface area contributed by atoms with E-state index in [2.05, 4.69) is 36.5 Å². The summed E-state index contributed by atoms with van der Waals surface area (Å²) in [7, 11) is 0. The van der Waals surface area contributed by atoms with Gasteiger partial charge in [0, 0.05) is 11.5 Å². The molecule has 0 aromatic heterocycles. The normalized spacial score (nSPS) is 28.9. The third-order valence-electron chi connectivity index (χ3n) is 5.11. The molecule has 0 amide bonds. The molecule has 3 atom stereocenters. The second-order valence-corrected chi connectivity index (χ2v) is 6.39. The fraction of sp³-hybridized carbons (Fsp3) is 0.667. The van der Waals surface area contributed by atoms with Crippen molar-refractivity contribution in [3.8, 4) is 5.75 Å². The number of para-hydroxylation sites is 1. The van der Waals surface area contributed by atoms with Gasteiger partial charge in [-0.05, 0) is 43.8 Å². The number of nitrogens with one attached hydrogen (secondary N) is 1. The van der Waals surface area contributed by atoms with Crippen LogP contribution in [0.2, 0.25) is 0 Å². The lowest BCUT2D eigenvalue weighted by molar-refractivity contribution is 0.197. The zero-order chi connectivity index (χ0) is 13.8. The summed E-state index contributed by atoms with van der Waals surface area (Å²) in [5.74, 6) is 3.49. The number of hydrogen-bond acceptors (Lipinski definition) is 2. The van der Waals surface area contributed by atoms with E-state index < -0.39 is 0 Å². The van der Waals surface area contributed by atoms with Crippen molar-refractivity contribution in [2.75, 3.05) is 19.7 Å². The minimum Gasteiger partial charge on any atom is -0.493 e. The molecule has 0 saturated heterocycles. The van der Waals surface area contributed by atoms with Gasteiger partial charge in [-0.2, -0.15) is 0 Å². The van der Waals surface area contributed by atoms with Crippen LogP contribution in [0.1, 0.15) is 50.5 Å². The molecule has 3 rings (SSSR count). The van der Waals surface area contributed by atoms with E-state index in [4.69, 9.17) is 4.74 Å². The Balaban J connectivity index is 1.64. The summed E-state index contributed by atoms with van der Waals surface area (Å²) in [6.45, 7) is 5.40. The first-order valence-electron chi connectivity index (χ1n) is 8.31. The topological polar surface area (TPSA) is 21.3 Å². The van der Waals surface area contributed by atoms with E-state index in [9.17, 15) is 0 Å². The maximum Gasteiger partial charge on any atom is 0.122 e. The maximum absolute atomic E-state index is 5.85. The fourth-order valence-corrected chi connectivity index (χ4v) is 3.98. The smallest absolute Gasteiger partial charge is 0.122 e. The van der Waals surface area contributed by atoms with Crippen molar-refractivity contribution in [2.24, 2.45) is 11.8 Å². The molecule has 1 saturated carbocycles. The Bertz CT molecular complexity index is 431. The molecule has 1 aliphatic heterocycles. The first-order valence-corrected chi connectivity index (χ1v) is 8.31. The lowest BCUT2D eigenvalue weighted by Gasteiger charge is -2.33. The molecule has 2 heteroatoms. The van der Waals surface area contributed by atoms with Gasteiger partial charge < -0.3 is 10.1 Å². The van der Waals surface area contributed by atoms with Crippen LogP contribution < -0.4 is 10.1 Å². The molecule has 2 aliphatic rings. The van der Waals surface area contributed by atoms with Crippen LogP contribution in [0.3, 0.4) is 0 Å². The van der Waals surface area contributed by atoms with Crippen LogP contribution in [0, 0.1) is 11.8 Å². The Morgan fingerprint density at radius 3 is 2.80 bits per heavy atom. The lowest BCUT2D eigenvalue weighted by Crippen LogP contribution is -2.31. The number of rotatable bonds is 5. The Morgan fingerprint density at radius 2 is 1.95 bits per heavy atom. The van der Waals surface area contributed by atoms with E-state index in [0.29, 0.717) is 5.92 Å². The van der Waals surface area contributed by atoms with Crippen LogP contribution in [0.15, 0.2) is 24.3 Å². The van der Waals surface area contributed by atoms with Gasteiger partial charge in [0.1, 0.15) is 5.75 Å². The van der Waals surface area contributed by atoms with Gasteiger partial charge >= 0.3 is 0 Å². The molecule has 3 unspecified atom stereocenters. The molecule has 110 valence electrons. The van der Waals surface area contributed by atoms with Crippen molar-refractivity contribution in [3.05, 3.63) is 29.8 Å². The third kappa shape index (κ3) is 3.01. The molecule has 0 bridgehead atoms.